The topological polar surface area (TPSA) is 71.5 Å². The van der Waals surface area contributed by atoms with E-state index in [-0.39, 0.29) is 6.04 Å². The predicted molar refractivity (Wildman–Crippen MR) is 69.6 cm³/mol. The van der Waals surface area contributed by atoms with Crippen LogP contribution in [0.25, 0.3) is 0 Å². The van der Waals surface area contributed by atoms with Gasteiger partial charge in [-0.1, -0.05) is 29.6 Å². The highest BCUT2D eigenvalue weighted by Crippen LogP contribution is 2.35. The summed E-state index contributed by atoms with van der Waals surface area (Å²) >= 11 is 0. The maximum absolute atomic E-state index is 12.4. The van der Waals surface area contributed by atoms with Crippen molar-refractivity contribution in [1.29, 1.82) is 0 Å². The maximum Gasteiger partial charge on any atom is 0.512 e. The smallest absolute Gasteiger partial charge is 0.202 e. The van der Waals surface area contributed by atoms with Crippen molar-refractivity contribution in [3.8, 4) is 0 Å². The van der Waals surface area contributed by atoms with Crippen LogP contribution in [-0.4, -0.2) is 46.9 Å². The summed E-state index contributed by atoms with van der Waals surface area (Å²) in [5, 5.41) is 0. The van der Waals surface area contributed by atoms with E-state index in [0.29, 0.717) is 12.1 Å². The lowest BCUT2D eigenvalue weighted by atomic mass is 10.8. The van der Waals surface area contributed by atoms with Crippen molar-refractivity contribution in [2.24, 2.45) is 0 Å². The second-order valence-electron chi connectivity index (χ2n) is 4.37. The van der Waals surface area contributed by atoms with Gasteiger partial charge in [0.1, 0.15) is 0 Å². The molecule has 0 aliphatic rings. The number of halogens is 6. The van der Waals surface area contributed by atoms with E-state index in [9.17, 15) is 43.2 Å². The van der Waals surface area contributed by atoms with Crippen LogP contribution in [0.2, 0.25) is 18.1 Å². The Bertz CT molecular complexity index is 522. The summed E-state index contributed by atoms with van der Waals surface area (Å²) in [5.74, 6) is 0. The highest BCUT2D eigenvalue weighted by atomic mass is 32.3. The lowest BCUT2D eigenvalue weighted by Crippen LogP contribution is -2.49. The number of sulfonamides is 2. The zero-order chi connectivity index (χ0) is 18.0. The van der Waals surface area contributed by atoms with Crippen molar-refractivity contribution in [1.82, 2.24) is 3.71 Å². The van der Waals surface area contributed by atoms with E-state index in [4.69, 9.17) is 0 Å². The number of hydrogen-bond donors (Lipinski definition) is 0. The van der Waals surface area contributed by atoms with Crippen LogP contribution in [0.3, 0.4) is 0 Å². The Kier molecular flexibility index (Phi) is 6.94. The third-order valence-corrected chi connectivity index (χ3v) is 10.2. The molecule has 0 unspecified atom stereocenters. The van der Waals surface area contributed by atoms with Gasteiger partial charge >= 0.3 is 31.1 Å². The molecule has 0 aromatic rings. The van der Waals surface area contributed by atoms with Crippen LogP contribution in [0.4, 0.5) is 26.3 Å². The Morgan fingerprint density at radius 3 is 1.36 bits per heavy atom. The molecule has 0 heterocycles. The van der Waals surface area contributed by atoms with Crippen molar-refractivity contribution >= 4 is 28.8 Å². The fraction of sp³-hybridized carbons (Fsp3) is 1.00. The second-order valence-corrected chi connectivity index (χ2v) is 12.3. The predicted octanol–water partition coefficient (Wildman–Crippen LogP) is 2.25. The molecular weight excluding hydrogens is 380 g/mol. The lowest BCUT2D eigenvalue weighted by molar-refractivity contribution is -0.0529. The third-order valence-electron chi connectivity index (χ3n) is 3.00. The van der Waals surface area contributed by atoms with Crippen LogP contribution in [0.5, 0.6) is 0 Å². The van der Waals surface area contributed by atoms with Gasteiger partial charge in [0.15, 0.2) is 0 Å². The summed E-state index contributed by atoms with van der Waals surface area (Å²) in [7, 11) is -15.1. The number of hydrogen-bond acceptors (Lipinski definition) is 4. The van der Waals surface area contributed by atoms with Crippen molar-refractivity contribution < 1.29 is 43.2 Å². The van der Waals surface area contributed by atoms with Gasteiger partial charge in [-0.05, 0) is 6.04 Å². The summed E-state index contributed by atoms with van der Waals surface area (Å²) < 4.78 is 118. The molecule has 14 heteroatoms. The molecule has 134 valence electrons. The Morgan fingerprint density at radius 1 is 0.818 bits per heavy atom. The SMILES string of the molecule is CC[SiH](CC)CCN(S(=O)(=O)C(F)(F)F)S(=O)(=O)C(F)(F)F. The van der Waals surface area contributed by atoms with E-state index in [0.717, 1.165) is 0 Å². The van der Waals surface area contributed by atoms with Crippen LogP contribution >= 0.6 is 0 Å². The number of nitrogens with zero attached hydrogens (tertiary/aromatic N) is 1. The van der Waals surface area contributed by atoms with Crippen molar-refractivity contribution in [2.45, 2.75) is 43.0 Å². The molecule has 0 fully saturated rings. The first kappa shape index (κ1) is 21.7. The fourth-order valence-electron chi connectivity index (χ4n) is 1.59. The average molecular weight is 395 g/mol. The van der Waals surface area contributed by atoms with Crippen molar-refractivity contribution in [3.05, 3.63) is 0 Å². The van der Waals surface area contributed by atoms with Crippen LogP contribution < -0.4 is 0 Å². The van der Waals surface area contributed by atoms with Gasteiger partial charge in [-0.2, -0.15) is 26.3 Å². The van der Waals surface area contributed by atoms with Crippen LogP contribution in [0, 0.1) is 0 Å². The molecule has 0 atom stereocenters. The molecule has 0 aromatic carbocycles. The first-order valence-electron chi connectivity index (χ1n) is 6.03. The molecule has 5 nitrogen and oxygen atoms in total. The second kappa shape index (κ2) is 7.05. The van der Waals surface area contributed by atoms with Gasteiger partial charge in [-0.15, -0.1) is 0 Å². The highest BCUT2D eigenvalue weighted by molar-refractivity contribution is 8.04. The van der Waals surface area contributed by atoms with E-state index in [1.54, 1.807) is 13.8 Å². The Balaban J connectivity index is 5.85. The quantitative estimate of drug-likeness (QED) is 0.490. The molecule has 0 rings (SSSR count). The summed E-state index contributed by atoms with van der Waals surface area (Å²) in [6.07, 6.45) is 0. The van der Waals surface area contributed by atoms with Gasteiger partial charge in [-0.3, -0.25) is 0 Å². The fourth-order valence-corrected chi connectivity index (χ4v) is 6.67. The van der Waals surface area contributed by atoms with E-state index in [1.807, 2.05) is 0 Å². The molecule has 0 radical (unpaired) electrons. The molecule has 0 spiro atoms. The zero-order valence-corrected chi connectivity index (χ0v) is 14.4. The maximum atomic E-state index is 12.4. The van der Waals surface area contributed by atoms with Crippen molar-refractivity contribution in [3.63, 3.8) is 0 Å². The molecule has 0 N–H and O–H groups in total. The van der Waals surface area contributed by atoms with E-state index < -0.39 is 50.1 Å². The highest BCUT2D eigenvalue weighted by Gasteiger charge is 2.61. The molecule has 0 aliphatic heterocycles. The number of rotatable bonds is 7. The van der Waals surface area contributed by atoms with Gasteiger partial charge in [0, 0.05) is 15.3 Å². The summed E-state index contributed by atoms with van der Waals surface area (Å²) in [5.41, 5.74) is -12.3. The molecule has 0 saturated heterocycles. The first-order chi connectivity index (χ1) is 9.62. The van der Waals surface area contributed by atoms with Crippen LogP contribution in [0.1, 0.15) is 13.8 Å². The summed E-state index contributed by atoms with van der Waals surface area (Å²) in [6, 6.07) is 0.669. The standard InChI is InChI=1S/C8H15F6NO4S2Si/c1-3-22(4-2)6-5-15(20(16,17)7(9,10)11)21(18,19)8(12,13)14/h22H,3-6H2,1-2H3. The Hall–Kier alpha value is -0.343. The van der Waals surface area contributed by atoms with Gasteiger partial charge in [0.05, 0.1) is 0 Å². The van der Waals surface area contributed by atoms with E-state index >= 15 is 0 Å². The normalized spacial score (nSPS) is 14.8. The molecular formula is C8H15F6NO4S2Si. The average Bonchev–Trinajstić information content (AvgIpc) is 2.31. The van der Waals surface area contributed by atoms with Gasteiger partial charge in [0.25, 0.3) is 0 Å². The molecule has 0 amide bonds. The molecule has 0 aromatic heterocycles. The minimum Gasteiger partial charge on any atom is -0.202 e. The van der Waals surface area contributed by atoms with Crippen LogP contribution in [0.15, 0.2) is 0 Å². The lowest BCUT2D eigenvalue weighted by Gasteiger charge is -2.25. The molecule has 22 heavy (non-hydrogen) atoms. The van der Waals surface area contributed by atoms with Gasteiger partial charge in [0.2, 0.25) is 0 Å². The Labute approximate surface area is 126 Å². The minimum absolute atomic E-state index is 0.308. The van der Waals surface area contributed by atoms with Crippen molar-refractivity contribution in [2.75, 3.05) is 6.54 Å². The van der Waals surface area contributed by atoms with Crippen LogP contribution in [-0.2, 0) is 20.0 Å². The molecule has 0 aliphatic carbocycles. The Morgan fingerprint density at radius 2 is 1.14 bits per heavy atom. The van der Waals surface area contributed by atoms with E-state index in [1.165, 1.54) is 0 Å². The third kappa shape index (κ3) is 4.58. The monoisotopic (exact) mass is 395 g/mol. The van der Waals surface area contributed by atoms with Gasteiger partial charge < -0.3 is 0 Å². The first-order valence-corrected chi connectivity index (χ1v) is 11.4. The molecule has 0 bridgehead atoms. The minimum atomic E-state index is -6.64. The number of alkyl halides is 6. The summed E-state index contributed by atoms with van der Waals surface area (Å²) in [6.45, 7) is 1.95. The molecule has 0 saturated carbocycles. The summed E-state index contributed by atoms with van der Waals surface area (Å²) in [4.78, 5) is 0. The van der Waals surface area contributed by atoms with E-state index in [2.05, 4.69) is 0 Å². The largest absolute Gasteiger partial charge is 0.512 e. The zero-order valence-electron chi connectivity index (χ0n) is 11.6. The van der Waals surface area contributed by atoms with Gasteiger partial charge in [-0.25, -0.2) is 16.8 Å².